The summed E-state index contributed by atoms with van der Waals surface area (Å²) in [7, 11) is 4.44. The number of alkyl carbamates (subject to hydrolysis) is 1. The van der Waals surface area contributed by atoms with Gasteiger partial charge in [0, 0.05) is 26.7 Å². The van der Waals surface area contributed by atoms with Crippen molar-refractivity contribution in [3.05, 3.63) is 29.8 Å². The minimum atomic E-state index is -1.63. The molecular formula is C16H23N3O4. The molecule has 1 aliphatic rings. The Bertz CT molecular complexity index is 583. The Labute approximate surface area is 136 Å². The predicted octanol–water partition coefficient (Wildman–Crippen LogP) is 1.38. The largest absolute Gasteiger partial charge is 0.427 e. The van der Waals surface area contributed by atoms with Crippen molar-refractivity contribution in [1.29, 1.82) is 0 Å². The van der Waals surface area contributed by atoms with Gasteiger partial charge < -0.3 is 20.3 Å². The summed E-state index contributed by atoms with van der Waals surface area (Å²) in [6, 6.07) is 6.93. The van der Waals surface area contributed by atoms with Gasteiger partial charge in [-0.25, -0.2) is 4.79 Å². The fourth-order valence-electron chi connectivity index (χ4n) is 2.43. The van der Waals surface area contributed by atoms with Crippen molar-refractivity contribution in [3.63, 3.8) is 0 Å². The second-order valence-corrected chi connectivity index (χ2v) is 4.70. The average Bonchev–Trinajstić information content (AvgIpc) is 2.79. The van der Waals surface area contributed by atoms with Gasteiger partial charge in [-0.2, -0.15) is 0 Å². The zero-order valence-corrected chi connectivity index (χ0v) is 14.1. The number of nitrogens with one attached hydrogen (secondary N) is 2. The number of fused-ring (bicyclic) bond motifs is 1. The van der Waals surface area contributed by atoms with Crippen LogP contribution in [0, 0.1) is 0 Å². The van der Waals surface area contributed by atoms with E-state index in [9.17, 15) is 14.4 Å². The molecule has 1 aromatic carbocycles. The van der Waals surface area contributed by atoms with E-state index >= 15 is 0 Å². The van der Waals surface area contributed by atoms with Crippen molar-refractivity contribution in [2.24, 2.45) is 0 Å². The third kappa shape index (κ3) is 3.28. The maximum atomic E-state index is 12.6. The predicted molar refractivity (Wildman–Crippen MR) is 87.1 cm³/mol. The summed E-state index contributed by atoms with van der Waals surface area (Å²) >= 11 is 0. The van der Waals surface area contributed by atoms with Crippen LogP contribution in [0.5, 0.6) is 0 Å². The summed E-state index contributed by atoms with van der Waals surface area (Å²) in [4.78, 5) is 37.5. The zero-order valence-electron chi connectivity index (χ0n) is 14.1. The maximum Gasteiger partial charge on any atom is 0.408 e. The minimum absolute atomic E-state index is 0.267. The molecule has 7 heteroatoms. The van der Waals surface area contributed by atoms with E-state index < -0.39 is 23.5 Å². The van der Waals surface area contributed by atoms with E-state index in [2.05, 4.69) is 10.6 Å². The van der Waals surface area contributed by atoms with Crippen molar-refractivity contribution >= 4 is 23.6 Å². The van der Waals surface area contributed by atoms with Crippen LogP contribution in [0.15, 0.2) is 24.3 Å². The highest BCUT2D eigenvalue weighted by Crippen LogP contribution is 2.44. The number of carbonyl (C=O) groups excluding carboxylic acids is 3. The smallest absolute Gasteiger partial charge is 0.408 e. The third-order valence-electron chi connectivity index (χ3n) is 3.51. The van der Waals surface area contributed by atoms with Crippen LogP contribution >= 0.6 is 0 Å². The van der Waals surface area contributed by atoms with Crippen LogP contribution in [0.2, 0.25) is 0 Å². The Morgan fingerprint density at radius 1 is 1.17 bits per heavy atom. The summed E-state index contributed by atoms with van der Waals surface area (Å²) in [5.74, 6) is -0.840. The van der Waals surface area contributed by atoms with E-state index in [1.807, 2.05) is 13.8 Å². The zero-order chi connectivity index (χ0) is 17.6. The van der Waals surface area contributed by atoms with Crippen LogP contribution < -0.4 is 15.5 Å². The van der Waals surface area contributed by atoms with Gasteiger partial charge in [-0.1, -0.05) is 32.0 Å². The topological polar surface area (TPSA) is 87.7 Å². The summed E-state index contributed by atoms with van der Waals surface area (Å²) < 4.78 is 5.33. The first-order chi connectivity index (χ1) is 11.0. The Morgan fingerprint density at radius 3 is 2.35 bits per heavy atom. The molecule has 1 unspecified atom stereocenters. The molecule has 0 fully saturated rings. The van der Waals surface area contributed by atoms with Gasteiger partial charge in [0.25, 0.3) is 5.91 Å². The molecule has 1 aromatic rings. The lowest BCUT2D eigenvalue weighted by atomic mass is 9.91. The number of amides is 3. The quantitative estimate of drug-likeness (QED) is 0.880. The van der Waals surface area contributed by atoms with Gasteiger partial charge in [-0.3, -0.25) is 9.59 Å². The van der Waals surface area contributed by atoms with Crippen LogP contribution in [0.25, 0.3) is 0 Å². The molecule has 0 bridgehead atoms. The number of hydrogen-bond acceptors (Lipinski definition) is 4. The molecule has 0 aromatic heterocycles. The second-order valence-electron chi connectivity index (χ2n) is 4.70. The van der Waals surface area contributed by atoms with Gasteiger partial charge in [0.15, 0.2) is 0 Å². The summed E-state index contributed by atoms with van der Waals surface area (Å²) in [6.45, 7) is 4.00. The fourth-order valence-corrected chi connectivity index (χ4v) is 2.43. The molecule has 1 atom stereocenters. The summed E-state index contributed by atoms with van der Waals surface area (Å²) in [5, 5.41) is 4.76. The number of rotatable bonds is 3. The van der Waals surface area contributed by atoms with Crippen LogP contribution in [0.1, 0.15) is 25.8 Å². The first-order valence-electron chi connectivity index (χ1n) is 7.45. The molecule has 3 amide bonds. The van der Waals surface area contributed by atoms with Crippen molar-refractivity contribution < 1.29 is 19.1 Å². The maximum absolute atomic E-state index is 12.6. The van der Waals surface area contributed by atoms with Gasteiger partial charge in [0.1, 0.15) is 0 Å². The number of hydrogen-bond donors (Lipinski definition) is 2. The third-order valence-corrected chi connectivity index (χ3v) is 3.51. The number of ether oxygens (including phenoxy) is 1. The second kappa shape index (κ2) is 7.62. The van der Waals surface area contributed by atoms with Crippen LogP contribution in [0.3, 0.4) is 0 Å². The van der Waals surface area contributed by atoms with Gasteiger partial charge >= 0.3 is 6.09 Å². The van der Waals surface area contributed by atoms with Crippen molar-refractivity contribution in [1.82, 2.24) is 10.6 Å². The molecule has 0 radical (unpaired) electrons. The van der Waals surface area contributed by atoms with Crippen molar-refractivity contribution in [3.8, 4) is 0 Å². The molecule has 2 rings (SSSR count). The van der Waals surface area contributed by atoms with Gasteiger partial charge in [-0.15, -0.1) is 0 Å². The lowest BCUT2D eigenvalue weighted by molar-refractivity contribution is -0.142. The van der Waals surface area contributed by atoms with Crippen LogP contribution in [0.4, 0.5) is 10.5 Å². The summed E-state index contributed by atoms with van der Waals surface area (Å²) in [5.41, 5.74) is -0.508. The molecule has 0 spiro atoms. The SMILES string of the molecule is CC.CNC(=O)CC1(OC(=O)NC)C(=O)N(C)c2ccccc21. The number of carbonyl (C=O) groups is 3. The molecule has 0 saturated carbocycles. The molecule has 2 N–H and O–H groups in total. The van der Waals surface area contributed by atoms with Gasteiger partial charge in [0.05, 0.1) is 12.1 Å². The molecular weight excluding hydrogens is 298 g/mol. The number of benzene rings is 1. The first-order valence-corrected chi connectivity index (χ1v) is 7.45. The average molecular weight is 321 g/mol. The van der Waals surface area contributed by atoms with Gasteiger partial charge in [-0.05, 0) is 6.07 Å². The Kier molecular flexibility index (Phi) is 6.12. The molecule has 7 nitrogen and oxygen atoms in total. The molecule has 23 heavy (non-hydrogen) atoms. The van der Waals surface area contributed by atoms with Crippen LogP contribution in [-0.4, -0.2) is 39.1 Å². The minimum Gasteiger partial charge on any atom is -0.427 e. The lowest BCUT2D eigenvalue weighted by Gasteiger charge is -2.27. The molecule has 0 aliphatic carbocycles. The highest BCUT2D eigenvalue weighted by atomic mass is 16.6. The Hall–Kier alpha value is -2.57. The summed E-state index contributed by atoms with van der Waals surface area (Å²) in [6.07, 6.45) is -1.03. The number of anilines is 1. The number of likely N-dealkylation sites (N-methyl/N-ethyl adjacent to an activating group) is 1. The van der Waals surface area contributed by atoms with Crippen molar-refractivity contribution in [2.75, 3.05) is 26.0 Å². The van der Waals surface area contributed by atoms with Gasteiger partial charge in [0.2, 0.25) is 11.5 Å². The lowest BCUT2D eigenvalue weighted by Crippen LogP contribution is -2.47. The van der Waals surface area contributed by atoms with E-state index in [1.165, 1.54) is 19.0 Å². The van der Waals surface area contributed by atoms with Crippen molar-refractivity contribution in [2.45, 2.75) is 25.9 Å². The highest BCUT2D eigenvalue weighted by molar-refractivity contribution is 6.09. The monoisotopic (exact) mass is 321 g/mol. The fraction of sp³-hybridized carbons (Fsp3) is 0.438. The Balaban J connectivity index is 0.00000127. The van der Waals surface area contributed by atoms with Crippen LogP contribution in [-0.2, 0) is 19.9 Å². The van der Waals surface area contributed by atoms with E-state index in [0.717, 1.165) is 0 Å². The van der Waals surface area contributed by atoms with E-state index in [1.54, 1.807) is 31.3 Å². The normalized spacial score (nSPS) is 18.5. The standard InChI is InChI=1S/C14H17N3O4.C2H6/c1-15-11(18)8-14(21-13(20)16-2)9-6-4-5-7-10(9)17(3)12(14)19;1-2/h4-7H,8H2,1-3H3,(H,15,18)(H,16,20);1-2H3. The molecule has 126 valence electrons. The first kappa shape index (κ1) is 18.5. The number of nitrogens with zero attached hydrogens (tertiary/aromatic N) is 1. The highest BCUT2D eigenvalue weighted by Gasteiger charge is 2.54. The number of para-hydroxylation sites is 1. The molecule has 1 heterocycles. The van der Waals surface area contributed by atoms with E-state index in [0.29, 0.717) is 11.3 Å². The molecule has 1 aliphatic heterocycles. The van der Waals surface area contributed by atoms with E-state index in [-0.39, 0.29) is 6.42 Å². The molecule has 0 saturated heterocycles. The Morgan fingerprint density at radius 2 is 1.78 bits per heavy atom. The van der Waals surface area contributed by atoms with E-state index in [4.69, 9.17) is 4.74 Å².